The van der Waals surface area contributed by atoms with Crippen molar-refractivity contribution in [3.63, 3.8) is 0 Å². The maximum absolute atomic E-state index is 11.2. The first-order valence-corrected chi connectivity index (χ1v) is 5.56. The van der Waals surface area contributed by atoms with Gasteiger partial charge in [0.25, 0.3) is 0 Å². The molecule has 0 aromatic carbocycles. The maximum Gasteiger partial charge on any atom is 0.407 e. The number of amides is 1. The minimum atomic E-state index is -0.638. The monoisotopic (exact) mass is 282 g/mol. The summed E-state index contributed by atoms with van der Waals surface area (Å²) >= 11 is 0. The Morgan fingerprint density at radius 1 is 1.33 bits per heavy atom. The summed E-state index contributed by atoms with van der Waals surface area (Å²) in [5.74, 6) is -0.442. The number of esters is 1. The number of methoxy groups -OCH3 is 1. The second kappa shape index (κ2) is 8.99. The highest BCUT2D eigenvalue weighted by molar-refractivity contribution is 5.85. The van der Waals surface area contributed by atoms with E-state index in [1.807, 2.05) is 0 Å². The predicted molar refractivity (Wildman–Crippen MR) is 70.7 cm³/mol. The lowest BCUT2D eigenvalue weighted by atomic mass is 10.2. The minimum Gasteiger partial charge on any atom is -0.468 e. The molecule has 18 heavy (non-hydrogen) atoms. The topological polar surface area (TPSA) is 90.6 Å². The molecule has 6 nitrogen and oxygen atoms in total. The summed E-state index contributed by atoms with van der Waals surface area (Å²) < 4.78 is 9.52. The van der Waals surface area contributed by atoms with Gasteiger partial charge in [-0.2, -0.15) is 0 Å². The van der Waals surface area contributed by atoms with E-state index >= 15 is 0 Å². The Morgan fingerprint density at radius 3 is 2.33 bits per heavy atom. The molecule has 0 aliphatic heterocycles. The molecule has 0 bridgehead atoms. The van der Waals surface area contributed by atoms with Gasteiger partial charge in [0.05, 0.1) is 7.11 Å². The summed E-state index contributed by atoms with van der Waals surface area (Å²) in [7, 11) is 1.29. The molecule has 7 heteroatoms. The van der Waals surface area contributed by atoms with Gasteiger partial charge in [-0.15, -0.1) is 12.4 Å². The fourth-order valence-corrected chi connectivity index (χ4v) is 1.10. The Balaban J connectivity index is 0. The summed E-state index contributed by atoms with van der Waals surface area (Å²) in [5, 5.41) is 2.58. The van der Waals surface area contributed by atoms with Crippen LogP contribution in [0.4, 0.5) is 4.79 Å². The number of halogens is 1. The Kier molecular flexibility index (Phi) is 9.66. The van der Waals surface area contributed by atoms with Crippen LogP contribution >= 0.6 is 12.4 Å². The van der Waals surface area contributed by atoms with Crippen molar-refractivity contribution >= 4 is 24.5 Å². The third-order valence-electron chi connectivity index (χ3n) is 1.86. The van der Waals surface area contributed by atoms with E-state index in [0.717, 1.165) is 0 Å². The van der Waals surface area contributed by atoms with E-state index in [4.69, 9.17) is 10.5 Å². The third-order valence-corrected chi connectivity index (χ3v) is 1.86. The van der Waals surface area contributed by atoms with Gasteiger partial charge in [0.2, 0.25) is 0 Å². The number of carbonyl (C=O) groups is 2. The SMILES string of the molecule is COC(=O)C(N)CCCNC(=O)OC(C)(C)C.Cl. The first-order valence-electron chi connectivity index (χ1n) is 5.56. The number of carbonyl (C=O) groups excluding carboxylic acids is 2. The van der Waals surface area contributed by atoms with E-state index in [-0.39, 0.29) is 12.4 Å². The van der Waals surface area contributed by atoms with Gasteiger partial charge < -0.3 is 20.5 Å². The summed E-state index contributed by atoms with van der Waals surface area (Å²) in [6.07, 6.45) is 0.585. The first kappa shape index (κ1) is 19.3. The number of nitrogens with one attached hydrogen (secondary N) is 1. The lowest BCUT2D eigenvalue weighted by Crippen LogP contribution is -2.35. The van der Waals surface area contributed by atoms with E-state index in [0.29, 0.717) is 19.4 Å². The zero-order valence-corrected chi connectivity index (χ0v) is 12.1. The zero-order chi connectivity index (χ0) is 13.5. The minimum absolute atomic E-state index is 0. The molecule has 3 N–H and O–H groups in total. The van der Waals surface area contributed by atoms with Crippen molar-refractivity contribution in [1.29, 1.82) is 0 Å². The van der Waals surface area contributed by atoms with Gasteiger partial charge in [-0.05, 0) is 33.6 Å². The Hall–Kier alpha value is -1.01. The van der Waals surface area contributed by atoms with E-state index in [1.54, 1.807) is 20.8 Å². The van der Waals surface area contributed by atoms with Crippen LogP contribution in [0.3, 0.4) is 0 Å². The van der Waals surface area contributed by atoms with Crippen molar-refractivity contribution in [2.45, 2.75) is 45.3 Å². The largest absolute Gasteiger partial charge is 0.468 e. The molecule has 0 radical (unpaired) electrons. The van der Waals surface area contributed by atoms with Crippen LogP contribution in [0.2, 0.25) is 0 Å². The lowest BCUT2D eigenvalue weighted by molar-refractivity contribution is -0.142. The molecule has 0 saturated carbocycles. The predicted octanol–water partition coefficient (Wildman–Crippen LogP) is 1.21. The first-order chi connectivity index (χ1) is 7.76. The number of hydrogen-bond acceptors (Lipinski definition) is 5. The third kappa shape index (κ3) is 10.2. The number of rotatable bonds is 5. The van der Waals surface area contributed by atoms with Crippen molar-refractivity contribution in [2.75, 3.05) is 13.7 Å². The fraction of sp³-hybridized carbons (Fsp3) is 0.818. The summed E-state index contributed by atoms with van der Waals surface area (Å²) in [6.45, 7) is 5.79. The second-order valence-corrected chi connectivity index (χ2v) is 4.70. The molecular weight excluding hydrogens is 260 g/mol. The molecule has 0 saturated heterocycles. The number of ether oxygens (including phenoxy) is 2. The van der Waals surface area contributed by atoms with Crippen LogP contribution < -0.4 is 11.1 Å². The number of hydrogen-bond donors (Lipinski definition) is 2. The molecule has 1 unspecified atom stereocenters. The van der Waals surface area contributed by atoms with Crippen LogP contribution in [0, 0.1) is 0 Å². The van der Waals surface area contributed by atoms with Crippen molar-refractivity contribution in [1.82, 2.24) is 5.32 Å². The average molecular weight is 283 g/mol. The smallest absolute Gasteiger partial charge is 0.407 e. The normalized spacial score (nSPS) is 12.1. The van der Waals surface area contributed by atoms with Gasteiger partial charge >= 0.3 is 12.1 Å². The quantitative estimate of drug-likeness (QED) is 0.584. The van der Waals surface area contributed by atoms with E-state index < -0.39 is 23.7 Å². The molecule has 0 aliphatic carbocycles. The highest BCUT2D eigenvalue weighted by Gasteiger charge is 2.16. The van der Waals surface area contributed by atoms with E-state index in [9.17, 15) is 9.59 Å². The standard InChI is InChI=1S/C11H22N2O4.ClH/c1-11(2,3)17-10(15)13-7-5-6-8(12)9(14)16-4;/h8H,5-7,12H2,1-4H3,(H,13,15);1H. The van der Waals surface area contributed by atoms with Crippen molar-refractivity contribution in [3.8, 4) is 0 Å². The van der Waals surface area contributed by atoms with Gasteiger partial charge in [0, 0.05) is 6.54 Å². The highest BCUT2D eigenvalue weighted by atomic mass is 35.5. The van der Waals surface area contributed by atoms with Gasteiger partial charge in [-0.1, -0.05) is 0 Å². The van der Waals surface area contributed by atoms with Crippen molar-refractivity contribution in [3.05, 3.63) is 0 Å². The van der Waals surface area contributed by atoms with Crippen LogP contribution in [0.5, 0.6) is 0 Å². The van der Waals surface area contributed by atoms with Crippen LogP contribution in [-0.4, -0.2) is 37.4 Å². The lowest BCUT2D eigenvalue weighted by Gasteiger charge is -2.19. The van der Waals surface area contributed by atoms with Gasteiger partial charge in [0.1, 0.15) is 11.6 Å². The molecule has 1 amide bonds. The molecule has 0 fully saturated rings. The molecular formula is C11H23ClN2O4. The summed E-state index contributed by atoms with van der Waals surface area (Å²) in [6, 6.07) is -0.638. The highest BCUT2D eigenvalue weighted by Crippen LogP contribution is 2.06. The zero-order valence-electron chi connectivity index (χ0n) is 11.3. The van der Waals surface area contributed by atoms with Crippen molar-refractivity contribution in [2.24, 2.45) is 5.73 Å². The van der Waals surface area contributed by atoms with E-state index in [1.165, 1.54) is 7.11 Å². The van der Waals surface area contributed by atoms with Gasteiger partial charge in [0.15, 0.2) is 0 Å². The Labute approximate surface area is 114 Å². The van der Waals surface area contributed by atoms with Crippen LogP contribution in [0.1, 0.15) is 33.6 Å². The summed E-state index contributed by atoms with van der Waals surface area (Å²) in [5.41, 5.74) is 5.02. The number of nitrogens with two attached hydrogens (primary N) is 1. The maximum atomic E-state index is 11.2. The fourth-order valence-electron chi connectivity index (χ4n) is 1.10. The summed E-state index contributed by atoms with van der Waals surface area (Å²) in [4.78, 5) is 22.2. The molecule has 0 aromatic heterocycles. The van der Waals surface area contributed by atoms with Crippen LogP contribution in [0.25, 0.3) is 0 Å². The molecule has 0 heterocycles. The molecule has 108 valence electrons. The molecule has 0 aliphatic rings. The second-order valence-electron chi connectivity index (χ2n) is 4.70. The van der Waals surface area contributed by atoms with Gasteiger partial charge in [-0.3, -0.25) is 4.79 Å². The van der Waals surface area contributed by atoms with Gasteiger partial charge in [-0.25, -0.2) is 4.79 Å². The molecule has 0 spiro atoms. The van der Waals surface area contributed by atoms with Crippen LogP contribution in [0.15, 0.2) is 0 Å². The average Bonchev–Trinajstić information content (AvgIpc) is 2.20. The van der Waals surface area contributed by atoms with Crippen LogP contribution in [-0.2, 0) is 14.3 Å². The van der Waals surface area contributed by atoms with Crippen molar-refractivity contribution < 1.29 is 19.1 Å². The Morgan fingerprint density at radius 2 is 1.89 bits per heavy atom. The molecule has 0 rings (SSSR count). The number of alkyl carbamates (subject to hydrolysis) is 1. The Bertz CT molecular complexity index is 266. The molecule has 1 atom stereocenters. The van der Waals surface area contributed by atoms with E-state index in [2.05, 4.69) is 10.1 Å². The molecule has 0 aromatic rings.